The van der Waals surface area contributed by atoms with Crippen LogP contribution in [0.15, 0.2) is 24.4 Å². The highest BCUT2D eigenvalue weighted by Crippen LogP contribution is 2.37. The first-order valence-corrected chi connectivity index (χ1v) is 7.79. The van der Waals surface area contributed by atoms with Crippen LogP contribution in [0.5, 0.6) is 5.75 Å². The highest BCUT2D eigenvalue weighted by atomic mass is 35.5. The lowest BCUT2D eigenvalue weighted by Crippen LogP contribution is -2.13. The minimum Gasteiger partial charge on any atom is -0.494 e. The maximum atomic E-state index is 12.2. The smallest absolute Gasteiger partial charge is 0.277 e. The molecule has 22 heavy (non-hydrogen) atoms. The van der Waals surface area contributed by atoms with Gasteiger partial charge in [0.25, 0.3) is 5.91 Å². The minimum absolute atomic E-state index is 0.304. The first kappa shape index (κ1) is 14.8. The summed E-state index contributed by atoms with van der Waals surface area (Å²) in [6.45, 7) is 2.66. The molecular weight excluding hydrogens is 324 g/mol. The van der Waals surface area contributed by atoms with Gasteiger partial charge in [-0.25, -0.2) is 4.98 Å². The third-order valence-electron chi connectivity index (χ3n) is 3.10. The number of fused-ring (bicyclic) bond motifs is 1. The largest absolute Gasteiger partial charge is 0.494 e. The van der Waals surface area contributed by atoms with Crippen LogP contribution in [0.1, 0.15) is 17.4 Å². The van der Waals surface area contributed by atoms with Crippen molar-refractivity contribution in [2.75, 3.05) is 12.4 Å². The Morgan fingerprint density at radius 1 is 1.45 bits per heavy atom. The van der Waals surface area contributed by atoms with Gasteiger partial charge in [-0.3, -0.25) is 14.8 Å². The summed E-state index contributed by atoms with van der Waals surface area (Å²) in [5.74, 6) is 0.313. The molecule has 0 atom stereocenters. The zero-order chi connectivity index (χ0) is 15.7. The molecule has 3 rings (SSSR count). The van der Waals surface area contributed by atoms with E-state index in [1.807, 2.05) is 6.92 Å². The number of nitrogens with one attached hydrogen (secondary N) is 1. The van der Waals surface area contributed by atoms with Crippen LogP contribution >= 0.6 is 22.9 Å². The van der Waals surface area contributed by atoms with Gasteiger partial charge in [-0.15, -0.1) is 0 Å². The van der Waals surface area contributed by atoms with Crippen molar-refractivity contribution in [1.82, 2.24) is 14.8 Å². The third kappa shape index (κ3) is 2.65. The number of hydrogen-bond donors (Lipinski definition) is 1. The predicted molar refractivity (Wildman–Crippen MR) is 87.0 cm³/mol. The molecule has 2 aromatic heterocycles. The second-order valence-corrected chi connectivity index (χ2v) is 5.86. The maximum Gasteiger partial charge on any atom is 0.277 e. The number of carbonyl (C=O) groups is 1. The van der Waals surface area contributed by atoms with Crippen molar-refractivity contribution in [1.29, 1.82) is 0 Å². The van der Waals surface area contributed by atoms with Gasteiger partial charge < -0.3 is 4.74 Å². The van der Waals surface area contributed by atoms with Crippen LogP contribution in [-0.4, -0.2) is 27.8 Å². The molecule has 0 aliphatic rings. The first-order valence-electron chi connectivity index (χ1n) is 6.60. The fourth-order valence-electron chi connectivity index (χ4n) is 1.99. The topological polar surface area (TPSA) is 69.0 Å². The SMILES string of the molecule is CCn1ccc(C(=O)Nc2nc3c(OC)ccc(Cl)c3s2)n1. The molecule has 0 radical (unpaired) electrons. The van der Waals surface area contributed by atoms with Gasteiger partial charge in [0.05, 0.1) is 16.8 Å². The Kier molecular flexibility index (Phi) is 4.00. The lowest BCUT2D eigenvalue weighted by Gasteiger charge is -2.00. The molecule has 3 aromatic rings. The van der Waals surface area contributed by atoms with Gasteiger partial charge in [0, 0.05) is 12.7 Å². The number of hydrogen-bond acceptors (Lipinski definition) is 5. The zero-order valence-corrected chi connectivity index (χ0v) is 13.5. The predicted octanol–water partition coefficient (Wildman–Crippen LogP) is 3.43. The second kappa shape index (κ2) is 5.94. The van der Waals surface area contributed by atoms with Crippen LogP contribution in [0.2, 0.25) is 5.02 Å². The molecule has 6 nitrogen and oxygen atoms in total. The van der Waals surface area contributed by atoms with E-state index in [1.54, 1.807) is 36.2 Å². The molecule has 0 spiro atoms. The number of thiazole rings is 1. The summed E-state index contributed by atoms with van der Waals surface area (Å²) in [7, 11) is 1.57. The van der Waals surface area contributed by atoms with Crippen LogP contribution in [0.3, 0.4) is 0 Å². The number of amides is 1. The molecule has 0 saturated carbocycles. The van der Waals surface area contributed by atoms with Crippen molar-refractivity contribution in [3.05, 3.63) is 35.1 Å². The van der Waals surface area contributed by atoms with Crippen molar-refractivity contribution in [3.63, 3.8) is 0 Å². The molecule has 0 bridgehead atoms. The summed E-state index contributed by atoms with van der Waals surface area (Å²) in [5, 5.41) is 7.93. The van der Waals surface area contributed by atoms with Gasteiger partial charge in [0.15, 0.2) is 10.8 Å². The van der Waals surface area contributed by atoms with Crippen molar-refractivity contribution in [3.8, 4) is 5.75 Å². The standard InChI is InChI=1S/C14H13ClN4O2S/c1-3-19-7-6-9(18-19)13(20)17-14-16-11-10(21-2)5-4-8(15)12(11)22-14/h4-7H,3H2,1-2H3,(H,16,17,20). The number of aryl methyl sites for hydroxylation is 1. The molecule has 1 aromatic carbocycles. The summed E-state index contributed by atoms with van der Waals surface area (Å²) in [6, 6.07) is 5.16. The van der Waals surface area contributed by atoms with Gasteiger partial charge >= 0.3 is 0 Å². The fraction of sp³-hybridized carbons (Fsp3) is 0.214. The molecule has 114 valence electrons. The maximum absolute atomic E-state index is 12.2. The first-order chi connectivity index (χ1) is 10.6. The lowest BCUT2D eigenvalue weighted by molar-refractivity contribution is 0.102. The van der Waals surface area contributed by atoms with E-state index >= 15 is 0 Å². The summed E-state index contributed by atoms with van der Waals surface area (Å²) < 4.78 is 7.72. The Hall–Kier alpha value is -2.12. The van der Waals surface area contributed by atoms with Gasteiger partial charge in [0.2, 0.25) is 0 Å². The molecule has 1 N–H and O–H groups in total. The molecule has 0 aliphatic carbocycles. The summed E-state index contributed by atoms with van der Waals surface area (Å²) in [4.78, 5) is 16.6. The van der Waals surface area contributed by atoms with E-state index < -0.39 is 0 Å². The Bertz CT molecular complexity index is 843. The van der Waals surface area contributed by atoms with E-state index in [2.05, 4.69) is 15.4 Å². The Morgan fingerprint density at radius 2 is 2.27 bits per heavy atom. The van der Waals surface area contributed by atoms with Gasteiger partial charge in [-0.1, -0.05) is 22.9 Å². The zero-order valence-electron chi connectivity index (χ0n) is 12.0. The molecule has 1 amide bonds. The fourth-order valence-corrected chi connectivity index (χ4v) is 3.14. The second-order valence-electron chi connectivity index (χ2n) is 4.46. The summed E-state index contributed by atoms with van der Waals surface area (Å²) >= 11 is 7.46. The monoisotopic (exact) mass is 336 g/mol. The Labute approximate surface area is 135 Å². The van der Waals surface area contributed by atoms with Crippen molar-refractivity contribution < 1.29 is 9.53 Å². The van der Waals surface area contributed by atoms with Crippen molar-refractivity contribution in [2.24, 2.45) is 0 Å². The molecule has 2 heterocycles. The number of benzene rings is 1. The van der Waals surface area contributed by atoms with E-state index in [-0.39, 0.29) is 5.91 Å². The van der Waals surface area contributed by atoms with E-state index in [1.165, 1.54) is 11.3 Å². The number of anilines is 1. The minimum atomic E-state index is -0.304. The third-order valence-corrected chi connectivity index (χ3v) is 4.53. The van der Waals surface area contributed by atoms with Crippen LogP contribution in [-0.2, 0) is 6.54 Å². The van der Waals surface area contributed by atoms with E-state index in [0.29, 0.717) is 33.7 Å². The van der Waals surface area contributed by atoms with E-state index in [4.69, 9.17) is 16.3 Å². The lowest BCUT2D eigenvalue weighted by atomic mass is 10.3. The number of nitrogens with zero attached hydrogens (tertiary/aromatic N) is 3. The normalized spacial score (nSPS) is 10.9. The average molecular weight is 337 g/mol. The van der Waals surface area contributed by atoms with E-state index in [0.717, 1.165) is 4.70 Å². The summed E-state index contributed by atoms with van der Waals surface area (Å²) in [5.41, 5.74) is 0.980. The number of ether oxygens (including phenoxy) is 1. The molecule has 0 fully saturated rings. The number of rotatable bonds is 4. The Morgan fingerprint density at radius 3 is 2.95 bits per heavy atom. The summed E-state index contributed by atoms with van der Waals surface area (Å²) in [6.07, 6.45) is 1.76. The number of methoxy groups -OCH3 is 1. The molecule has 8 heteroatoms. The van der Waals surface area contributed by atoms with Crippen LogP contribution in [0.4, 0.5) is 5.13 Å². The van der Waals surface area contributed by atoms with Crippen LogP contribution in [0, 0.1) is 0 Å². The number of carbonyl (C=O) groups excluding carboxylic acids is 1. The van der Waals surface area contributed by atoms with E-state index in [9.17, 15) is 4.79 Å². The van der Waals surface area contributed by atoms with Crippen molar-refractivity contribution >= 4 is 44.2 Å². The molecule has 0 unspecified atom stereocenters. The molecule has 0 saturated heterocycles. The highest BCUT2D eigenvalue weighted by molar-refractivity contribution is 7.23. The van der Waals surface area contributed by atoms with Gasteiger partial charge in [-0.05, 0) is 25.1 Å². The van der Waals surface area contributed by atoms with Gasteiger partial charge in [-0.2, -0.15) is 5.10 Å². The Balaban J connectivity index is 1.90. The average Bonchev–Trinajstić information content (AvgIpc) is 3.14. The van der Waals surface area contributed by atoms with Crippen molar-refractivity contribution in [2.45, 2.75) is 13.5 Å². The van der Waals surface area contributed by atoms with Crippen LogP contribution in [0.25, 0.3) is 10.2 Å². The quantitative estimate of drug-likeness (QED) is 0.792. The van der Waals surface area contributed by atoms with Gasteiger partial charge in [0.1, 0.15) is 11.3 Å². The molecular formula is C14H13ClN4O2S. The highest BCUT2D eigenvalue weighted by Gasteiger charge is 2.15. The number of aromatic nitrogens is 3. The van der Waals surface area contributed by atoms with Crippen LogP contribution < -0.4 is 10.1 Å². The molecule has 0 aliphatic heterocycles. The number of halogens is 1.